The number of benzene rings is 1. The lowest BCUT2D eigenvalue weighted by Crippen LogP contribution is -2.36. The molecule has 0 atom stereocenters. The van der Waals surface area contributed by atoms with Crippen LogP contribution in [-0.4, -0.2) is 26.2 Å². The highest BCUT2D eigenvalue weighted by Crippen LogP contribution is 2.26. The number of aryl methyl sites for hydroxylation is 1. The Labute approximate surface area is 179 Å². The average molecular weight is 511 g/mol. The van der Waals surface area contributed by atoms with Crippen LogP contribution in [0.2, 0.25) is 0 Å². The molecule has 150 valence electrons. The van der Waals surface area contributed by atoms with E-state index in [4.69, 9.17) is 4.74 Å². The molecule has 0 saturated carbocycles. The summed E-state index contributed by atoms with van der Waals surface area (Å²) >= 11 is 1.71. The molecule has 27 heavy (non-hydrogen) atoms. The van der Waals surface area contributed by atoms with Gasteiger partial charge in [0.1, 0.15) is 11.5 Å². The maximum atomic E-state index is 12.6. The molecule has 0 radical (unpaired) electrons. The Bertz CT molecular complexity index is 741. The second kappa shape index (κ2) is 12.0. The molecule has 0 spiro atoms. The van der Waals surface area contributed by atoms with E-state index >= 15 is 0 Å². The fraction of sp³-hybridized carbons (Fsp3) is 0.389. The van der Waals surface area contributed by atoms with Crippen molar-refractivity contribution < 1.29 is 18.3 Å². The van der Waals surface area contributed by atoms with E-state index in [1.165, 1.54) is 22.9 Å². The van der Waals surface area contributed by atoms with Gasteiger partial charge in [0.2, 0.25) is 0 Å². The maximum absolute atomic E-state index is 12.6. The van der Waals surface area contributed by atoms with E-state index in [2.05, 4.69) is 39.4 Å². The molecule has 2 aromatic rings. The summed E-state index contributed by atoms with van der Waals surface area (Å²) in [6, 6.07) is 8.81. The summed E-state index contributed by atoms with van der Waals surface area (Å²) in [5, 5.41) is 6.38. The third-order valence-corrected chi connectivity index (χ3v) is 4.46. The molecule has 1 aromatic carbocycles. The van der Waals surface area contributed by atoms with Gasteiger partial charge in [-0.15, -0.1) is 35.3 Å². The van der Waals surface area contributed by atoms with Crippen LogP contribution < -0.4 is 20.1 Å². The van der Waals surface area contributed by atoms with Gasteiger partial charge < -0.3 is 20.1 Å². The van der Waals surface area contributed by atoms with Crippen LogP contribution in [0.25, 0.3) is 0 Å². The van der Waals surface area contributed by atoms with Crippen LogP contribution in [0.1, 0.15) is 22.2 Å². The number of aliphatic imine (C=N–C) groups is 1. The van der Waals surface area contributed by atoms with Crippen molar-refractivity contribution in [1.29, 1.82) is 0 Å². The average Bonchev–Trinajstić information content (AvgIpc) is 3.03. The molecule has 0 aliphatic rings. The van der Waals surface area contributed by atoms with E-state index in [0.717, 1.165) is 0 Å². The van der Waals surface area contributed by atoms with Crippen molar-refractivity contribution in [2.75, 3.05) is 13.7 Å². The number of alkyl halides is 2. The van der Waals surface area contributed by atoms with Crippen LogP contribution in [0.3, 0.4) is 0 Å². The van der Waals surface area contributed by atoms with Gasteiger partial charge in [0.05, 0.1) is 20.2 Å². The largest absolute Gasteiger partial charge is 0.497 e. The second-order valence-corrected chi connectivity index (χ2v) is 6.79. The molecular formula is C18H24F2IN3O2S. The van der Waals surface area contributed by atoms with Gasteiger partial charge in [0, 0.05) is 21.9 Å². The molecule has 1 aromatic heterocycles. The fourth-order valence-electron chi connectivity index (χ4n) is 2.27. The summed E-state index contributed by atoms with van der Waals surface area (Å²) < 4.78 is 34.9. The van der Waals surface area contributed by atoms with Gasteiger partial charge >= 0.3 is 6.61 Å². The maximum Gasteiger partial charge on any atom is 0.387 e. The smallest absolute Gasteiger partial charge is 0.387 e. The second-order valence-electron chi connectivity index (χ2n) is 5.41. The van der Waals surface area contributed by atoms with Crippen LogP contribution in [0.4, 0.5) is 8.78 Å². The predicted molar refractivity (Wildman–Crippen MR) is 116 cm³/mol. The summed E-state index contributed by atoms with van der Waals surface area (Å²) in [6.45, 7) is 2.64. The van der Waals surface area contributed by atoms with Gasteiger partial charge in [-0.1, -0.05) is 0 Å². The number of nitrogens with one attached hydrogen (secondary N) is 2. The van der Waals surface area contributed by atoms with Gasteiger partial charge in [-0.3, -0.25) is 0 Å². The SMILES string of the molecule is CCNC(=NCc1cc(OC)ccc1OC(F)F)NCc1ccc(C)s1.I. The fourth-order valence-corrected chi connectivity index (χ4v) is 3.10. The normalized spacial score (nSPS) is 11.1. The minimum atomic E-state index is -2.89. The summed E-state index contributed by atoms with van der Waals surface area (Å²) in [6.07, 6.45) is 0. The first kappa shape index (κ1) is 23.4. The first-order valence-corrected chi connectivity index (χ1v) is 9.02. The van der Waals surface area contributed by atoms with E-state index in [0.29, 0.717) is 30.4 Å². The monoisotopic (exact) mass is 511 g/mol. The molecular weight excluding hydrogens is 487 g/mol. The van der Waals surface area contributed by atoms with Gasteiger partial charge in [-0.05, 0) is 44.2 Å². The Kier molecular flexibility index (Phi) is 10.4. The lowest BCUT2D eigenvalue weighted by molar-refractivity contribution is -0.0504. The minimum Gasteiger partial charge on any atom is -0.497 e. The topological polar surface area (TPSA) is 54.9 Å². The number of thiophene rings is 1. The van der Waals surface area contributed by atoms with E-state index < -0.39 is 6.61 Å². The lowest BCUT2D eigenvalue weighted by atomic mass is 10.2. The molecule has 0 unspecified atom stereocenters. The van der Waals surface area contributed by atoms with Crippen LogP contribution in [0, 0.1) is 6.92 Å². The zero-order valence-electron chi connectivity index (χ0n) is 15.4. The summed E-state index contributed by atoms with van der Waals surface area (Å²) in [5.41, 5.74) is 0.522. The first-order valence-electron chi connectivity index (χ1n) is 8.21. The Morgan fingerprint density at radius 3 is 2.59 bits per heavy atom. The van der Waals surface area contributed by atoms with Gasteiger partial charge in [-0.25, -0.2) is 4.99 Å². The molecule has 5 nitrogen and oxygen atoms in total. The standard InChI is InChI=1S/C18H23F2N3O2S.HI/c1-4-21-18(23-11-15-7-5-12(2)26-15)22-10-13-9-14(24-3)6-8-16(13)25-17(19)20;/h5-9,17H,4,10-11H2,1-3H3,(H2,21,22,23);1H. The van der Waals surface area contributed by atoms with Crippen molar-refractivity contribution in [3.63, 3.8) is 0 Å². The molecule has 0 fully saturated rings. The highest BCUT2D eigenvalue weighted by atomic mass is 127. The number of guanidine groups is 1. The van der Waals surface area contributed by atoms with Crippen LogP contribution >= 0.6 is 35.3 Å². The highest BCUT2D eigenvalue weighted by molar-refractivity contribution is 14.0. The third kappa shape index (κ3) is 7.87. The number of hydrogen-bond acceptors (Lipinski definition) is 4. The zero-order chi connectivity index (χ0) is 18.9. The molecule has 0 amide bonds. The Balaban J connectivity index is 0.00000364. The number of rotatable bonds is 8. The lowest BCUT2D eigenvalue weighted by Gasteiger charge is -2.13. The molecule has 9 heteroatoms. The van der Waals surface area contributed by atoms with Gasteiger partial charge in [0.15, 0.2) is 5.96 Å². The van der Waals surface area contributed by atoms with E-state index in [9.17, 15) is 8.78 Å². The quantitative estimate of drug-likeness (QED) is 0.311. The van der Waals surface area contributed by atoms with Crippen LogP contribution in [-0.2, 0) is 13.1 Å². The van der Waals surface area contributed by atoms with Crippen molar-refractivity contribution in [2.45, 2.75) is 33.5 Å². The molecule has 0 aliphatic heterocycles. The Morgan fingerprint density at radius 2 is 2.00 bits per heavy atom. The zero-order valence-corrected chi connectivity index (χ0v) is 18.6. The van der Waals surface area contributed by atoms with E-state index in [1.807, 2.05) is 6.92 Å². The van der Waals surface area contributed by atoms with Crippen LogP contribution in [0.15, 0.2) is 35.3 Å². The molecule has 0 bridgehead atoms. The van der Waals surface area contributed by atoms with Gasteiger partial charge in [-0.2, -0.15) is 8.78 Å². The summed E-state index contributed by atoms with van der Waals surface area (Å²) in [5.74, 6) is 1.25. The highest BCUT2D eigenvalue weighted by Gasteiger charge is 2.11. The summed E-state index contributed by atoms with van der Waals surface area (Å²) in [4.78, 5) is 6.90. The number of halogens is 3. The van der Waals surface area contributed by atoms with Crippen molar-refractivity contribution in [3.05, 3.63) is 45.6 Å². The minimum absolute atomic E-state index is 0. The third-order valence-electron chi connectivity index (χ3n) is 3.46. The van der Waals surface area contributed by atoms with Crippen molar-refractivity contribution in [3.8, 4) is 11.5 Å². The molecule has 0 saturated heterocycles. The number of nitrogens with zero attached hydrogens (tertiary/aromatic N) is 1. The van der Waals surface area contributed by atoms with Crippen LogP contribution in [0.5, 0.6) is 11.5 Å². The van der Waals surface area contributed by atoms with E-state index in [1.54, 1.807) is 23.5 Å². The first-order chi connectivity index (χ1) is 12.5. The number of methoxy groups -OCH3 is 1. The van der Waals surface area contributed by atoms with Crippen molar-refractivity contribution in [2.24, 2.45) is 4.99 Å². The summed E-state index contributed by atoms with van der Waals surface area (Å²) in [7, 11) is 1.52. The molecule has 2 rings (SSSR count). The molecule has 0 aliphatic carbocycles. The van der Waals surface area contributed by atoms with Crippen molar-refractivity contribution >= 4 is 41.3 Å². The van der Waals surface area contributed by atoms with E-state index in [-0.39, 0.29) is 36.3 Å². The Hall–Kier alpha value is -1.62. The Morgan fingerprint density at radius 1 is 1.22 bits per heavy atom. The number of ether oxygens (including phenoxy) is 2. The van der Waals surface area contributed by atoms with Gasteiger partial charge in [0.25, 0.3) is 0 Å². The predicted octanol–water partition coefficient (Wildman–Crippen LogP) is 4.54. The van der Waals surface area contributed by atoms with Crippen molar-refractivity contribution in [1.82, 2.24) is 10.6 Å². The number of hydrogen-bond donors (Lipinski definition) is 2. The molecule has 1 heterocycles. The molecule has 2 N–H and O–H groups in total.